The Balaban J connectivity index is -0.00000178. The summed E-state index contributed by atoms with van der Waals surface area (Å²) in [6.07, 6.45) is 1.75. The van der Waals surface area contributed by atoms with Crippen LogP contribution in [-0.4, -0.2) is 21.9 Å². The van der Waals surface area contributed by atoms with Crippen LogP contribution in [0.5, 0.6) is 5.75 Å². The van der Waals surface area contributed by atoms with Crippen LogP contribution in [0.4, 0.5) is 39.5 Å². The maximum atomic E-state index is 14.3. The van der Waals surface area contributed by atoms with Crippen molar-refractivity contribution in [1.82, 2.24) is 4.13 Å². The lowest BCUT2D eigenvalue weighted by Crippen LogP contribution is -2.51. The molecule has 0 saturated heterocycles. The van der Waals surface area contributed by atoms with E-state index in [0.29, 0.717) is 11.1 Å². The number of allylic oxidation sites excluding steroid dienone is 1. The van der Waals surface area contributed by atoms with E-state index in [9.17, 15) is 39.5 Å². The minimum atomic E-state index is -6.05. The lowest BCUT2D eigenvalue weighted by molar-refractivity contribution is -0.238. The summed E-state index contributed by atoms with van der Waals surface area (Å²) in [5, 5.41) is -11.1. The van der Waals surface area contributed by atoms with E-state index in [2.05, 4.69) is 6.58 Å². The number of nitrogens with one attached hydrogen (secondary N) is 1. The quantitative estimate of drug-likeness (QED) is 0.111. The van der Waals surface area contributed by atoms with Gasteiger partial charge in [0.15, 0.2) is 0 Å². The molecule has 0 bridgehead atoms. The molecule has 0 aromatic heterocycles. The minimum absolute atomic E-state index is 0.0604. The fraction of sp³-hybridized carbons (Fsp3) is 0.692. The fourth-order valence-corrected chi connectivity index (χ4v) is 4.38. The third-order valence-corrected chi connectivity index (χ3v) is 6.49. The first-order valence-electron chi connectivity index (χ1n) is 12.6. The van der Waals surface area contributed by atoms with Gasteiger partial charge in [0.05, 0.1) is 0 Å². The second-order valence-electron chi connectivity index (χ2n) is 8.41. The molecule has 0 aliphatic carbocycles. The van der Waals surface area contributed by atoms with Crippen LogP contribution in [-0.2, 0) is 0 Å². The SMILES string of the molecule is C=CC.CC.CC.CC(C)c1cc(C(C)C)c(OSC(F)(F)C(F)(F)C(F)(F)SNSC(F)(F)F)c(C(C)C)c1. The summed E-state index contributed by atoms with van der Waals surface area (Å²) in [7, 11) is 0. The maximum absolute atomic E-state index is 14.3. The van der Waals surface area contributed by atoms with Gasteiger partial charge in [-0.05, 0) is 41.4 Å². The lowest BCUT2D eigenvalue weighted by atomic mass is 9.88. The number of hydrogen-bond acceptors (Lipinski definition) is 5. The van der Waals surface area contributed by atoms with Gasteiger partial charge in [0, 0.05) is 23.9 Å². The predicted molar refractivity (Wildman–Crippen MR) is 155 cm³/mol. The Morgan fingerprint density at radius 3 is 1.40 bits per heavy atom. The first-order chi connectivity index (χ1) is 18.1. The fourth-order valence-electron chi connectivity index (χ4n) is 2.49. The summed E-state index contributed by atoms with van der Waals surface area (Å²) in [5.74, 6) is -6.67. The first-order valence-corrected chi connectivity index (χ1v) is 14.9. The van der Waals surface area contributed by atoms with Crippen molar-refractivity contribution < 1.29 is 43.7 Å². The van der Waals surface area contributed by atoms with Crippen molar-refractivity contribution in [2.24, 2.45) is 0 Å². The average Bonchev–Trinajstić information content (AvgIpc) is 2.83. The van der Waals surface area contributed by atoms with Crippen molar-refractivity contribution in [3.8, 4) is 5.75 Å². The van der Waals surface area contributed by atoms with Crippen LogP contribution in [0.15, 0.2) is 24.8 Å². The highest BCUT2D eigenvalue weighted by Crippen LogP contribution is 2.56. The molecule has 0 atom stereocenters. The van der Waals surface area contributed by atoms with Crippen LogP contribution in [0.3, 0.4) is 0 Å². The predicted octanol–water partition coefficient (Wildman–Crippen LogP) is 12.6. The van der Waals surface area contributed by atoms with Gasteiger partial charge in [0.25, 0.3) is 0 Å². The van der Waals surface area contributed by atoms with E-state index >= 15 is 0 Å². The van der Waals surface area contributed by atoms with Gasteiger partial charge in [0.2, 0.25) is 0 Å². The summed E-state index contributed by atoms with van der Waals surface area (Å²) in [4.78, 5) is 0. The molecule has 1 aromatic carbocycles. The number of benzene rings is 1. The lowest BCUT2D eigenvalue weighted by Gasteiger charge is -2.31. The molecule has 0 radical (unpaired) electrons. The Labute approximate surface area is 246 Å². The molecule has 0 amide bonds. The van der Waals surface area contributed by atoms with Crippen LogP contribution in [0.25, 0.3) is 0 Å². The largest absolute Gasteiger partial charge is 0.456 e. The zero-order valence-electron chi connectivity index (χ0n) is 24.7. The van der Waals surface area contributed by atoms with Crippen molar-refractivity contribution >= 4 is 35.9 Å². The molecule has 0 unspecified atom stereocenters. The summed E-state index contributed by atoms with van der Waals surface area (Å²) >= 11 is -3.88. The zero-order valence-corrected chi connectivity index (χ0v) is 27.2. The molecular weight excluding hydrogens is 609 g/mol. The third-order valence-electron chi connectivity index (χ3n) is 4.37. The minimum Gasteiger partial charge on any atom is -0.419 e. The second-order valence-corrected chi connectivity index (χ2v) is 11.3. The van der Waals surface area contributed by atoms with Gasteiger partial charge < -0.3 is 4.18 Å². The highest BCUT2D eigenvalue weighted by Gasteiger charge is 2.74. The van der Waals surface area contributed by atoms with E-state index in [4.69, 9.17) is 4.18 Å². The van der Waals surface area contributed by atoms with E-state index < -0.39 is 57.9 Å². The van der Waals surface area contributed by atoms with Gasteiger partial charge >= 0.3 is 21.9 Å². The van der Waals surface area contributed by atoms with Crippen molar-refractivity contribution in [1.29, 1.82) is 0 Å². The molecule has 14 heteroatoms. The second kappa shape index (κ2) is 19.4. The summed E-state index contributed by atoms with van der Waals surface area (Å²) in [6, 6.07) is 3.35. The van der Waals surface area contributed by atoms with Crippen molar-refractivity contribution in [2.45, 2.75) is 116 Å². The Kier molecular flexibility index (Phi) is 21.1. The molecule has 1 rings (SSSR count). The molecule has 238 valence electrons. The number of halogens is 9. The van der Waals surface area contributed by atoms with E-state index in [1.54, 1.807) is 45.9 Å². The summed E-state index contributed by atoms with van der Waals surface area (Å²) in [5.41, 5.74) is -3.36. The van der Waals surface area contributed by atoms with Crippen LogP contribution >= 0.6 is 35.9 Å². The molecule has 0 aliphatic heterocycles. The Hall–Kier alpha value is -0.860. The highest BCUT2D eigenvalue weighted by molar-refractivity contribution is 8.13. The molecule has 40 heavy (non-hydrogen) atoms. The van der Waals surface area contributed by atoms with E-state index in [1.165, 1.54) is 0 Å². The normalized spacial score (nSPS) is 12.2. The van der Waals surface area contributed by atoms with Crippen LogP contribution in [0.1, 0.15) is 111 Å². The van der Waals surface area contributed by atoms with Crippen molar-refractivity contribution in [3.05, 3.63) is 41.5 Å². The van der Waals surface area contributed by atoms with Gasteiger partial charge in [-0.25, -0.2) is 0 Å². The number of hydrogen-bond donors (Lipinski definition) is 1. The standard InChI is InChI=1S/C19H24F9NOS3.C3H6.2C2H6/c1-9(2)12-7-13(10(3)4)15(14(8-12)11(5)6)30-33-18(24,25)16(20,21)17(22,23)31-29-32-19(26,27)28;1-3-2;2*1-2/h7-11,29H,1-6H3;3H,1H2,2H3;2*1-2H3. The topological polar surface area (TPSA) is 21.3 Å². The van der Waals surface area contributed by atoms with Gasteiger partial charge in [-0.15, -0.1) is 6.58 Å². The number of rotatable bonds is 11. The Morgan fingerprint density at radius 2 is 1.10 bits per heavy atom. The molecule has 1 N–H and O–H groups in total. The smallest absolute Gasteiger partial charge is 0.419 e. The maximum Gasteiger partial charge on any atom is 0.456 e. The molecule has 1 aromatic rings. The third kappa shape index (κ3) is 13.9. The summed E-state index contributed by atoms with van der Waals surface area (Å²) < 4.78 is 126. The van der Waals surface area contributed by atoms with Gasteiger partial charge in [-0.2, -0.15) is 43.6 Å². The Bertz CT molecular complexity index is 818. The molecule has 0 fully saturated rings. The molecule has 0 heterocycles. The van der Waals surface area contributed by atoms with Crippen LogP contribution < -0.4 is 8.31 Å². The van der Waals surface area contributed by atoms with Crippen LogP contribution in [0.2, 0.25) is 0 Å². The van der Waals surface area contributed by atoms with E-state index in [1.807, 2.05) is 48.5 Å². The van der Waals surface area contributed by atoms with Crippen molar-refractivity contribution in [2.75, 3.05) is 0 Å². The molecular formula is C26H42F9NOS3. The van der Waals surface area contributed by atoms with Crippen LogP contribution in [0, 0.1) is 0 Å². The molecule has 0 aliphatic rings. The van der Waals surface area contributed by atoms with E-state index in [-0.39, 0.29) is 23.5 Å². The molecule has 2 nitrogen and oxygen atoms in total. The summed E-state index contributed by atoms with van der Waals surface area (Å²) in [6.45, 7) is 24.0. The Morgan fingerprint density at radius 1 is 0.725 bits per heavy atom. The number of alkyl halides is 9. The van der Waals surface area contributed by atoms with Gasteiger partial charge in [-0.1, -0.05) is 87.4 Å². The monoisotopic (exact) mass is 651 g/mol. The van der Waals surface area contributed by atoms with Gasteiger partial charge in [-0.3, -0.25) is 0 Å². The van der Waals surface area contributed by atoms with E-state index in [0.717, 1.165) is 9.69 Å². The molecule has 0 spiro atoms. The van der Waals surface area contributed by atoms with Gasteiger partial charge in [0.1, 0.15) is 17.8 Å². The molecule has 0 saturated carbocycles. The highest BCUT2D eigenvalue weighted by atomic mass is 32.2. The van der Waals surface area contributed by atoms with Crippen molar-refractivity contribution in [3.63, 3.8) is 0 Å². The zero-order chi connectivity index (χ0) is 32.7. The first kappa shape index (κ1) is 43.6. The average molecular weight is 652 g/mol.